The van der Waals surface area contributed by atoms with Crippen molar-refractivity contribution in [1.82, 2.24) is 0 Å². The van der Waals surface area contributed by atoms with Gasteiger partial charge >= 0.3 is 5.97 Å². The van der Waals surface area contributed by atoms with Crippen LogP contribution in [0.4, 0.5) is 0 Å². The van der Waals surface area contributed by atoms with E-state index in [4.69, 9.17) is 4.74 Å². The highest BCUT2D eigenvalue weighted by atomic mass is 32.2. The first-order valence-electron chi connectivity index (χ1n) is 7.81. The van der Waals surface area contributed by atoms with Gasteiger partial charge in [0.05, 0.1) is 5.56 Å². The predicted octanol–water partition coefficient (Wildman–Crippen LogP) is 4.98. The van der Waals surface area contributed by atoms with E-state index in [1.807, 2.05) is 48.5 Å². The molecule has 0 fully saturated rings. The Morgan fingerprint density at radius 3 is 1.96 bits per heavy atom. The Kier molecular flexibility index (Phi) is 5.65. The minimum absolute atomic E-state index is 0.0394. The Labute approximate surface area is 150 Å². The highest BCUT2D eigenvalue weighted by molar-refractivity contribution is 8.14. The van der Waals surface area contributed by atoms with E-state index in [2.05, 4.69) is 0 Å². The summed E-state index contributed by atoms with van der Waals surface area (Å²) in [6, 6.07) is 25.4. The maximum Gasteiger partial charge on any atom is 0.338 e. The zero-order valence-corrected chi connectivity index (χ0v) is 14.2. The van der Waals surface area contributed by atoms with E-state index in [1.54, 1.807) is 36.4 Å². The average Bonchev–Trinajstić information content (AvgIpc) is 2.68. The van der Waals surface area contributed by atoms with Gasteiger partial charge in [0.15, 0.2) is 0 Å². The zero-order chi connectivity index (χ0) is 17.5. The van der Waals surface area contributed by atoms with Gasteiger partial charge in [-0.05, 0) is 30.0 Å². The molecular formula is C21H16O3S. The second kappa shape index (κ2) is 8.31. The number of ether oxygens (including phenoxy) is 1. The summed E-state index contributed by atoms with van der Waals surface area (Å²) in [5.41, 5.74) is 1.96. The quantitative estimate of drug-likeness (QED) is 0.482. The highest BCUT2D eigenvalue weighted by Gasteiger charge is 2.13. The van der Waals surface area contributed by atoms with Gasteiger partial charge in [-0.1, -0.05) is 66.7 Å². The van der Waals surface area contributed by atoms with Crippen LogP contribution in [0.3, 0.4) is 0 Å². The third-order valence-corrected chi connectivity index (χ3v) is 4.59. The van der Waals surface area contributed by atoms with Gasteiger partial charge in [-0.2, -0.15) is 0 Å². The molecule has 0 amide bonds. The van der Waals surface area contributed by atoms with Crippen LogP contribution in [0.15, 0.2) is 89.8 Å². The van der Waals surface area contributed by atoms with Gasteiger partial charge in [0.25, 0.3) is 0 Å². The number of carbonyl (C=O) groups excluding carboxylic acids is 2. The van der Waals surface area contributed by atoms with Crippen LogP contribution in [0.1, 0.15) is 26.3 Å². The van der Waals surface area contributed by atoms with Gasteiger partial charge in [0.2, 0.25) is 5.12 Å². The van der Waals surface area contributed by atoms with E-state index in [9.17, 15) is 9.59 Å². The first kappa shape index (κ1) is 17.0. The highest BCUT2D eigenvalue weighted by Crippen LogP contribution is 2.27. The SMILES string of the molecule is O=C(OCc1ccccc1SC(=O)c1ccccc1)c1ccccc1. The Balaban J connectivity index is 1.69. The van der Waals surface area contributed by atoms with Gasteiger partial charge in [-0.15, -0.1) is 0 Å². The van der Waals surface area contributed by atoms with Crippen LogP contribution >= 0.6 is 11.8 Å². The minimum Gasteiger partial charge on any atom is -0.457 e. The lowest BCUT2D eigenvalue weighted by atomic mass is 10.2. The smallest absolute Gasteiger partial charge is 0.338 e. The summed E-state index contributed by atoms with van der Waals surface area (Å²) in [7, 11) is 0. The Morgan fingerprint density at radius 1 is 0.720 bits per heavy atom. The summed E-state index contributed by atoms with van der Waals surface area (Å²) >= 11 is 1.14. The summed E-state index contributed by atoms with van der Waals surface area (Å²) in [4.78, 5) is 25.2. The van der Waals surface area contributed by atoms with Crippen molar-refractivity contribution in [2.24, 2.45) is 0 Å². The number of hydrogen-bond acceptors (Lipinski definition) is 4. The third-order valence-electron chi connectivity index (χ3n) is 3.55. The van der Waals surface area contributed by atoms with Crippen molar-refractivity contribution in [3.63, 3.8) is 0 Å². The molecule has 0 aromatic heterocycles. The molecule has 0 N–H and O–H groups in total. The number of thioether (sulfide) groups is 1. The molecule has 0 bridgehead atoms. The van der Waals surface area contributed by atoms with Crippen LogP contribution in [0.2, 0.25) is 0 Å². The van der Waals surface area contributed by atoms with Crippen molar-refractivity contribution in [2.45, 2.75) is 11.5 Å². The fourth-order valence-electron chi connectivity index (χ4n) is 2.26. The van der Waals surface area contributed by atoms with Crippen molar-refractivity contribution in [2.75, 3.05) is 0 Å². The number of esters is 1. The van der Waals surface area contributed by atoms with Gasteiger partial charge < -0.3 is 4.74 Å². The summed E-state index contributed by atoms with van der Waals surface area (Å²) < 4.78 is 5.38. The molecule has 0 radical (unpaired) electrons. The molecule has 124 valence electrons. The molecule has 3 aromatic carbocycles. The summed E-state index contributed by atoms with van der Waals surface area (Å²) in [5, 5.41) is -0.0394. The largest absolute Gasteiger partial charge is 0.457 e. The molecule has 4 heteroatoms. The molecule has 3 nitrogen and oxygen atoms in total. The molecule has 0 spiro atoms. The van der Waals surface area contributed by atoms with Gasteiger partial charge in [0, 0.05) is 16.0 Å². The van der Waals surface area contributed by atoms with Crippen molar-refractivity contribution in [3.05, 3.63) is 102 Å². The molecular weight excluding hydrogens is 332 g/mol. The van der Waals surface area contributed by atoms with E-state index in [0.29, 0.717) is 11.1 Å². The van der Waals surface area contributed by atoms with Crippen LogP contribution in [-0.4, -0.2) is 11.1 Å². The Morgan fingerprint density at radius 2 is 1.28 bits per heavy atom. The summed E-state index contributed by atoms with van der Waals surface area (Å²) in [5.74, 6) is -0.380. The molecule has 3 rings (SSSR count). The Bertz CT molecular complexity index is 861. The predicted molar refractivity (Wildman–Crippen MR) is 98.6 cm³/mol. The minimum atomic E-state index is -0.380. The molecule has 25 heavy (non-hydrogen) atoms. The topological polar surface area (TPSA) is 43.4 Å². The lowest BCUT2D eigenvalue weighted by Gasteiger charge is -2.09. The molecule has 0 unspecified atom stereocenters. The maximum atomic E-state index is 12.4. The number of hydrogen-bond donors (Lipinski definition) is 0. The summed E-state index contributed by atoms with van der Waals surface area (Å²) in [6.45, 7) is 0.124. The van der Waals surface area contributed by atoms with E-state index >= 15 is 0 Å². The van der Waals surface area contributed by atoms with Crippen molar-refractivity contribution < 1.29 is 14.3 Å². The molecule has 0 saturated heterocycles. The van der Waals surface area contributed by atoms with Crippen LogP contribution in [0.25, 0.3) is 0 Å². The molecule has 0 saturated carbocycles. The van der Waals surface area contributed by atoms with E-state index < -0.39 is 0 Å². The lowest BCUT2D eigenvalue weighted by Crippen LogP contribution is -2.06. The fourth-order valence-corrected chi connectivity index (χ4v) is 3.11. The van der Waals surface area contributed by atoms with E-state index in [1.165, 1.54) is 0 Å². The monoisotopic (exact) mass is 348 g/mol. The first-order valence-corrected chi connectivity index (χ1v) is 8.63. The van der Waals surface area contributed by atoms with Crippen LogP contribution < -0.4 is 0 Å². The van der Waals surface area contributed by atoms with Crippen molar-refractivity contribution in [3.8, 4) is 0 Å². The van der Waals surface area contributed by atoms with Crippen LogP contribution in [-0.2, 0) is 11.3 Å². The van der Waals surface area contributed by atoms with Gasteiger partial charge in [-0.3, -0.25) is 4.79 Å². The van der Waals surface area contributed by atoms with E-state index in [0.717, 1.165) is 22.2 Å². The number of benzene rings is 3. The van der Waals surface area contributed by atoms with Crippen molar-refractivity contribution in [1.29, 1.82) is 0 Å². The molecule has 0 atom stereocenters. The second-order valence-corrected chi connectivity index (χ2v) is 6.32. The lowest BCUT2D eigenvalue weighted by molar-refractivity contribution is 0.0470. The molecule has 3 aromatic rings. The molecule has 0 aliphatic carbocycles. The average molecular weight is 348 g/mol. The van der Waals surface area contributed by atoms with Gasteiger partial charge in [0.1, 0.15) is 6.61 Å². The van der Waals surface area contributed by atoms with Crippen LogP contribution in [0.5, 0.6) is 0 Å². The third kappa shape index (κ3) is 4.58. The standard InChI is InChI=1S/C21H16O3S/c22-20(16-9-3-1-4-10-16)24-15-18-13-7-8-14-19(18)25-21(23)17-11-5-2-6-12-17/h1-14H,15H2. The Hall–Kier alpha value is -2.85. The zero-order valence-electron chi connectivity index (χ0n) is 13.4. The molecule has 0 aliphatic heterocycles. The normalized spacial score (nSPS) is 10.2. The number of carbonyl (C=O) groups is 2. The molecule has 0 heterocycles. The number of rotatable bonds is 5. The second-order valence-electron chi connectivity index (χ2n) is 5.31. The maximum absolute atomic E-state index is 12.4. The van der Waals surface area contributed by atoms with Crippen LogP contribution in [0, 0.1) is 0 Å². The first-order chi connectivity index (χ1) is 12.2. The van der Waals surface area contributed by atoms with Crippen molar-refractivity contribution >= 4 is 22.8 Å². The van der Waals surface area contributed by atoms with Gasteiger partial charge in [-0.25, -0.2) is 4.79 Å². The molecule has 0 aliphatic rings. The fraction of sp³-hybridized carbons (Fsp3) is 0.0476. The van der Waals surface area contributed by atoms with E-state index in [-0.39, 0.29) is 17.7 Å². The summed E-state index contributed by atoms with van der Waals surface area (Å²) in [6.07, 6.45) is 0.